The maximum absolute atomic E-state index is 6.03. The van der Waals surface area contributed by atoms with Crippen LogP contribution in [0.15, 0.2) is 23.2 Å². The second-order valence-corrected chi connectivity index (χ2v) is 7.02. The van der Waals surface area contributed by atoms with Crippen LogP contribution in [-0.4, -0.2) is 37.3 Å². The van der Waals surface area contributed by atoms with Crippen LogP contribution in [0.25, 0.3) is 0 Å². The van der Waals surface area contributed by atoms with Crippen molar-refractivity contribution in [2.24, 2.45) is 4.99 Å². The lowest BCUT2D eigenvalue weighted by Gasteiger charge is -2.22. The van der Waals surface area contributed by atoms with E-state index in [0.29, 0.717) is 34.8 Å². The molecule has 2 heterocycles. The molecule has 3 atom stereocenters. The fourth-order valence-electron chi connectivity index (χ4n) is 3.34. The van der Waals surface area contributed by atoms with E-state index >= 15 is 0 Å². The smallest absolute Gasteiger partial charge is 0.191 e. The number of rotatable bonds is 5. The number of nitrogens with zero attached hydrogens (tertiary/aromatic N) is 1. The van der Waals surface area contributed by atoms with Gasteiger partial charge in [0.05, 0.1) is 18.2 Å². The van der Waals surface area contributed by atoms with Crippen molar-refractivity contribution in [3.63, 3.8) is 0 Å². The average molecular weight is 484 g/mol. The molecule has 2 fully saturated rings. The largest absolute Gasteiger partial charge is 0.373 e. The van der Waals surface area contributed by atoms with Crippen molar-refractivity contribution in [2.75, 3.05) is 13.1 Å². The summed E-state index contributed by atoms with van der Waals surface area (Å²) in [6.45, 7) is 3.61. The molecule has 2 aliphatic heterocycles. The second kappa shape index (κ2) is 9.46. The zero-order valence-corrected chi connectivity index (χ0v) is 17.6. The van der Waals surface area contributed by atoms with Gasteiger partial charge in [0.25, 0.3) is 0 Å². The molecule has 1 aromatic rings. The predicted molar refractivity (Wildman–Crippen MR) is 111 cm³/mol. The van der Waals surface area contributed by atoms with E-state index in [1.54, 1.807) is 6.07 Å². The van der Waals surface area contributed by atoms with E-state index in [0.717, 1.165) is 37.3 Å². The van der Waals surface area contributed by atoms with Crippen molar-refractivity contribution in [1.29, 1.82) is 0 Å². The molecule has 2 saturated heterocycles. The number of ether oxygens (including phenoxy) is 1. The molecular formula is C17H24Cl2IN3O. The van der Waals surface area contributed by atoms with Crippen molar-refractivity contribution in [3.8, 4) is 0 Å². The van der Waals surface area contributed by atoms with Gasteiger partial charge in [-0.1, -0.05) is 23.2 Å². The lowest BCUT2D eigenvalue weighted by molar-refractivity contribution is 0.0992. The first-order valence-corrected chi connectivity index (χ1v) is 9.05. The van der Waals surface area contributed by atoms with Crippen LogP contribution in [0.1, 0.15) is 31.7 Å². The molecule has 0 spiro atoms. The quantitative estimate of drug-likeness (QED) is 0.377. The summed E-state index contributed by atoms with van der Waals surface area (Å²) in [6.07, 6.45) is 5.03. The van der Waals surface area contributed by atoms with E-state index < -0.39 is 0 Å². The molecule has 0 radical (unpaired) electrons. The van der Waals surface area contributed by atoms with E-state index in [9.17, 15) is 0 Å². The van der Waals surface area contributed by atoms with Crippen LogP contribution in [-0.2, 0) is 11.2 Å². The summed E-state index contributed by atoms with van der Waals surface area (Å²) in [7, 11) is 0. The molecule has 0 saturated carbocycles. The highest BCUT2D eigenvalue weighted by molar-refractivity contribution is 14.0. The fraction of sp³-hybridized carbons (Fsp3) is 0.588. The first-order chi connectivity index (χ1) is 11.1. The number of hydrogen-bond acceptors (Lipinski definition) is 2. The van der Waals surface area contributed by atoms with Gasteiger partial charge in [-0.2, -0.15) is 0 Å². The van der Waals surface area contributed by atoms with Crippen LogP contribution < -0.4 is 10.6 Å². The molecule has 0 aromatic heterocycles. The topological polar surface area (TPSA) is 45.7 Å². The summed E-state index contributed by atoms with van der Waals surface area (Å²) in [4.78, 5) is 4.67. The average Bonchev–Trinajstić information content (AvgIpc) is 3.09. The van der Waals surface area contributed by atoms with Gasteiger partial charge < -0.3 is 15.4 Å². The second-order valence-electron chi connectivity index (χ2n) is 6.15. The minimum Gasteiger partial charge on any atom is -0.373 e. The monoisotopic (exact) mass is 483 g/mol. The van der Waals surface area contributed by atoms with Crippen molar-refractivity contribution in [1.82, 2.24) is 10.6 Å². The molecule has 4 nitrogen and oxygen atoms in total. The minimum atomic E-state index is 0. The number of benzene rings is 1. The number of fused-ring (bicyclic) bond motifs is 2. The molecule has 3 rings (SSSR count). The fourth-order valence-corrected chi connectivity index (χ4v) is 3.91. The third-order valence-electron chi connectivity index (χ3n) is 4.37. The maximum atomic E-state index is 6.03. The van der Waals surface area contributed by atoms with Gasteiger partial charge in [-0.15, -0.1) is 24.0 Å². The normalized spacial score (nSPS) is 25.5. The highest BCUT2D eigenvalue weighted by Gasteiger charge is 2.41. The van der Waals surface area contributed by atoms with Crippen molar-refractivity contribution < 1.29 is 4.74 Å². The van der Waals surface area contributed by atoms with E-state index in [1.165, 1.54) is 6.42 Å². The molecular weight excluding hydrogens is 460 g/mol. The Morgan fingerprint density at radius 3 is 2.58 bits per heavy atom. The highest BCUT2D eigenvalue weighted by Crippen LogP contribution is 2.34. The molecule has 24 heavy (non-hydrogen) atoms. The third-order valence-corrected chi connectivity index (χ3v) is 4.80. The molecule has 1 aromatic carbocycles. The Morgan fingerprint density at radius 1 is 1.25 bits per heavy atom. The first-order valence-electron chi connectivity index (χ1n) is 8.29. The summed E-state index contributed by atoms with van der Waals surface area (Å²) in [6, 6.07) is 6.00. The molecule has 3 unspecified atom stereocenters. The van der Waals surface area contributed by atoms with Crippen molar-refractivity contribution in [2.45, 2.75) is 50.9 Å². The van der Waals surface area contributed by atoms with Gasteiger partial charge in [-0.05, 0) is 56.4 Å². The highest BCUT2D eigenvalue weighted by atomic mass is 127. The SMILES string of the molecule is CCNC(=NCCc1cc(Cl)cc(Cl)c1)NC1CC2CCC1O2.I. The summed E-state index contributed by atoms with van der Waals surface area (Å²) >= 11 is 12.1. The van der Waals surface area contributed by atoms with Crippen LogP contribution in [0, 0.1) is 0 Å². The van der Waals surface area contributed by atoms with Gasteiger partial charge in [0, 0.05) is 23.1 Å². The zero-order chi connectivity index (χ0) is 16.2. The third kappa shape index (κ3) is 5.38. The van der Waals surface area contributed by atoms with E-state index in [1.807, 2.05) is 12.1 Å². The van der Waals surface area contributed by atoms with Gasteiger partial charge in [0.1, 0.15) is 0 Å². The van der Waals surface area contributed by atoms with E-state index in [-0.39, 0.29) is 24.0 Å². The molecule has 0 amide bonds. The van der Waals surface area contributed by atoms with Gasteiger partial charge in [-0.25, -0.2) is 0 Å². The van der Waals surface area contributed by atoms with Gasteiger partial charge in [0.2, 0.25) is 0 Å². The van der Waals surface area contributed by atoms with Crippen molar-refractivity contribution >= 4 is 53.1 Å². The number of aliphatic imine (C=N–C) groups is 1. The Balaban J connectivity index is 0.00000208. The number of guanidine groups is 1. The van der Waals surface area contributed by atoms with Crippen LogP contribution in [0.4, 0.5) is 0 Å². The Bertz CT molecular complexity index is 565. The number of halogens is 3. The lowest BCUT2D eigenvalue weighted by atomic mass is 9.96. The first kappa shape index (κ1) is 20.1. The molecule has 2 aliphatic rings. The predicted octanol–water partition coefficient (Wildman–Crippen LogP) is 4.03. The zero-order valence-electron chi connectivity index (χ0n) is 13.7. The molecule has 134 valence electrons. The summed E-state index contributed by atoms with van der Waals surface area (Å²) in [5, 5.41) is 8.16. The molecule has 7 heteroatoms. The van der Waals surface area contributed by atoms with Crippen molar-refractivity contribution in [3.05, 3.63) is 33.8 Å². The minimum absolute atomic E-state index is 0. The van der Waals surface area contributed by atoms with E-state index in [4.69, 9.17) is 27.9 Å². The van der Waals surface area contributed by atoms with Gasteiger partial charge in [-0.3, -0.25) is 4.99 Å². The summed E-state index contributed by atoms with van der Waals surface area (Å²) in [5.74, 6) is 0.863. The van der Waals surface area contributed by atoms with Crippen LogP contribution in [0.2, 0.25) is 10.0 Å². The molecule has 0 aliphatic carbocycles. The van der Waals surface area contributed by atoms with Gasteiger partial charge >= 0.3 is 0 Å². The Hall–Kier alpha value is -0.240. The lowest BCUT2D eigenvalue weighted by Crippen LogP contribution is -2.47. The Kier molecular flexibility index (Phi) is 7.91. The number of nitrogens with one attached hydrogen (secondary N) is 2. The maximum Gasteiger partial charge on any atom is 0.191 e. The van der Waals surface area contributed by atoms with E-state index in [2.05, 4.69) is 22.5 Å². The van der Waals surface area contributed by atoms with Gasteiger partial charge in [0.15, 0.2) is 5.96 Å². The summed E-state index contributed by atoms with van der Waals surface area (Å²) in [5.41, 5.74) is 1.10. The summed E-state index contributed by atoms with van der Waals surface area (Å²) < 4.78 is 5.89. The van der Waals surface area contributed by atoms with Crippen LogP contribution in [0.5, 0.6) is 0 Å². The molecule has 2 N–H and O–H groups in total. The Morgan fingerprint density at radius 2 is 2.00 bits per heavy atom. The molecule has 2 bridgehead atoms. The van der Waals surface area contributed by atoms with Crippen LogP contribution in [0.3, 0.4) is 0 Å². The number of hydrogen-bond donors (Lipinski definition) is 2. The van der Waals surface area contributed by atoms with Crippen LogP contribution >= 0.6 is 47.2 Å². The standard InChI is InChI=1S/C17H23Cl2N3O.HI/c1-2-20-17(22-15-10-14-3-4-16(15)23-14)21-6-5-11-7-12(18)9-13(19)8-11;/h7-9,14-16H,2-6,10H2,1H3,(H2,20,21,22);1H. The Labute approximate surface area is 170 Å².